The highest BCUT2D eigenvalue weighted by Gasteiger charge is 2.29. The highest BCUT2D eigenvalue weighted by atomic mass is 35.5. The minimum absolute atomic E-state index is 0.00532. The van der Waals surface area contributed by atoms with Crippen LogP contribution in [0.1, 0.15) is 27.7 Å². The zero-order chi connectivity index (χ0) is 17.4. The zero-order valence-electron chi connectivity index (χ0n) is 13.8. The number of hydrogen-bond acceptors (Lipinski definition) is 3. The number of aromatic amines is 1. The number of ether oxygens (including phenoxy) is 1. The quantitative estimate of drug-likeness (QED) is 0.761. The molecule has 1 fully saturated rings. The zero-order valence-corrected chi connectivity index (χ0v) is 14.6. The molecule has 1 atom stereocenters. The molecule has 5 nitrogen and oxygen atoms in total. The van der Waals surface area contributed by atoms with Gasteiger partial charge in [0.25, 0.3) is 5.91 Å². The van der Waals surface area contributed by atoms with E-state index in [-0.39, 0.29) is 11.9 Å². The molecule has 1 unspecified atom stereocenters. The number of aromatic nitrogens is 2. The second-order valence-electron chi connectivity index (χ2n) is 6.22. The average molecular weight is 356 g/mol. The molecule has 1 saturated heterocycles. The van der Waals surface area contributed by atoms with Gasteiger partial charge in [-0.05, 0) is 42.8 Å². The van der Waals surface area contributed by atoms with Crippen molar-refractivity contribution in [3.63, 3.8) is 0 Å². The molecular formula is C19H18ClN3O2. The van der Waals surface area contributed by atoms with Gasteiger partial charge in [0.2, 0.25) is 0 Å². The summed E-state index contributed by atoms with van der Waals surface area (Å²) in [5.74, 6) is 0.00532. The Bertz CT molecular complexity index is 920. The van der Waals surface area contributed by atoms with Gasteiger partial charge < -0.3 is 9.64 Å². The van der Waals surface area contributed by atoms with Crippen molar-refractivity contribution >= 4 is 28.4 Å². The molecule has 2 aromatic carbocycles. The molecule has 4 rings (SSSR count). The number of aryl methyl sites for hydroxylation is 1. The monoisotopic (exact) mass is 355 g/mol. The van der Waals surface area contributed by atoms with Crippen LogP contribution in [0.4, 0.5) is 0 Å². The second kappa shape index (κ2) is 6.50. The SMILES string of the molecule is Cc1[nH]nc2ccc(C(=O)N3CCOCC3c3ccc(Cl)cc3)cc12. The van der Waals surface area contributed by atoms with E-state index in [1.54, 1.807) is 0 Å². The third kappa shape index (κ3) is 3.01. The fraction of sp³-hybridized carbons (Fsp3) is 0.263. The van der Waals surface area contributed by atoms with Crippen molar-refractivity contribution in [3.05, 3.63) is 64.3 Å². The van der Waals surface area contributed by atoms with E-state index in [9.17, 15) is 4.79 Å². The number of morpholine rings is 1. The number of hydrogen-bond donors (Lipinski definition) is 1. The molecule has 0 saturated carbocycles. The Morgan fingerprint density at radius 3 is 2.88 bits per heavy atom. The van der Waals surface area contributed by atoms with Crippen LogP contribution < -0.4 is 0 Å². The largest absolute Gasteiger partial charge is 0.377 e. The van der Waals surface area contributed by atoms with Crippen LogP contribution in [-0.2, 0) is 4.74 Å². The highest BCUT2D eigenvalue weighted by Crippen LogP contribution is 2.28. The summed E-state index contributed by atoms with van der Waals surface area (Å²) >= 11 is 5.98. The first kappa shape index (κ1) is 16.1. The molecule has 0 aliphatic carbocycles. The molecule has 0 bridgehead atoms. The highest BCUT2D eigenvalue weighted by molar-refractivity contribution is 6.30. The molecule has 2 heterocycles. The Kier molecular flexibility index (Phi) is 4.19. The standard InChI is InChI=1S/C19H18ClN3O2/c1-12-16-10-14(4-7-17(16)22-21-12)19(24)23-8-9-25-11-18(23)13-2-5-15(20)6-3-13/h2-7,10,18H,8-9,11H2,1H3,(H,21,22). The molecule has 3 aromatic rings. The molecule has 1 N–H and O–H groups in total. The summed E-state index contributed by atoms with van der Waals surface area (Å²) in [5, 5.41) is 8.83. The number of nitrogens with one attached hydrogen (secondary N) is 1. The lowest BCUT2D eigenvalue weighted by Gasteiger charge is -2.36. The normalized spacial score (nSPS) is 17.8. The summed E-state index contributed by atoms with van der Waals surface area (Å²) in [6, 6.07) is 13.1. The molecule has 1 aliphatic heterocycles. The van der Waals surface area contributed by atoms with Gasteiger partial charge in [-0.15, -0.1) is 0 Å². The van der Waals surface area contributed by atoms with Crippen molar-refractivity contribution in [3.8, 4) is 0 Å². The summed E-state index contributed by atoms with van der Waals surface area (Å²) in [5.41, 5.74) is 3.52. The van der Waals surface area contributed by atoms with Gasteiger partial charge in [0.15, 0.2) is 0 Å². The number of fused-ring (bicyclic) bond motifs is 1. The Labute approximate surface area is 150 Å². The Morgan fingerprint density at radius 1 is 1.28 bits per heavy atom. The van der Waals surface area contributed by atoms with E-state index in [2.05, 4.69) is 10.2 Å². The maximum atomic E-state index is 13.1. The van der Waals surface area contributed by atoms with Crippen molar-refractivity contribution in [2.24, 2.45) is 0 Å². The second-order valence-corrected chi connectivity index (χ2v) is 6.66. The predicted molar refractivity (Wildman–Crippen MR) is 96.9 cm³/mol. The van der Waals surface area contributed by atoms with Crippen LogP contribution in [0.2, 0.25) is 5.02 Å². The molecular weight excluding hydrogens is 338 g/mol. The minimum Gasteiger partial charge on any atom is -0.377 e. The summed E-state index contributed by atoms with van der Waals surface area (Å²) < 4.78 is 5.62. The maximum Gasteiger partial charge on any atom is 0.254 e. The number of halogens is 1. The van der Waals surface area contributed by atoms with E-state index in [0.29, 0.717) is 30.3 Å². The van der Waals surface area contributed by atoms with Crippen molar-refractivity contribution in [2.45, 2.75) is 13.0 Å². The third-order valence-corrected chi connectivity index (χ3v) is 4.89. The summed E-state index contributed by atoms with van der Waals surface area (Å²) in [6.45, 7) is 3.55. The van der Waals surface area contributed by atoms with Crippen LogP contribution in [0.25, 0.3) is 10.9 Å². The number of nitrogens with zero attached hydrogens (tertiary/aromatic N) is 2. The van der Waals surface area contributed by atoms with Crippen molar-refractivity contribution in [1.82, 2.24) is 15.1 Å². The fourth-order valence-electron chi connectivity index (χ4n) is 3.24. The Morgan fingerprint density at radius 2 is 2.08 bits per heavy atom. The average Bonchev–Trinajstić information content (AvgIpc) is 3.02. The molecule has 1 aliphatic rings. The number of benzene rings is 2. The van der Waals surface area contributed by atoms with Gasteiger partial charge in [-0.25, -0.2) is 0 Å². The Balaban J connectivity index is 1.67. The van der Waals surface area contributed by atoms with E-state index >= 15 is 0 Å². The van der Waals surface area contributed by atoms with Gasteiger partial charge in [0, 0.05) is 28.2 Å². The smallest absolute Gasteiger partial charge is 0.254 e. The van der Waals surface area contributed by atoms with Crippen LogP contribution in [0.5, 0.6) is 0 Å². The molecule has 6 heteroatoms. The third-order valence-electron chi connectivity index (χ3n) is 4.64. The topological polar surface area (TPSA) is 58.2 Å². The van der Waals surface area contributed by atoms with E-state index in [4.69, 9.17) is 16.3 Å². The van der Waals surface area contributed by atoms with Gasteiger partial charge in [-0.1, -0.05) is 23.7 Å². The van der Waals surface area contributed by atoms with Crippen LogP contribution in [0.15, 0.2) is 42.5 Å². The number of carbonyl (C=O) groups excluding carboxylic acids is 1. The summed E-state index contributed by atoms with van der Waals surface area (Å²) in [7, 11) is 0. The number of H-pyrrole nitrogens is 1. The molecule has 128 valence electrons. The first-order valence-corrected chi connectivity index (χ1v) is 8.60. The lowest BCUT2D eigenvalue weighted by molar-refractivity contribution is -0.00268. The van der Waals surface area contributed by atoms with Gasteiger partial charge >= 0.3 is 0 Å². The molecule has 25 heavy (non-hydrogen) atoms. The first-order valence-electron chi connectivity index (χ1n) is 8.22. The van der Waals surface area contributed by atoms with E-state index in [0.717, 1.165) is 22.2 Å². The van der Waals surface area contributed by atoms with Crippen LogP contribution >= 0.6 is 11.6 Å². The van der Waals surface area contributed by atoms with Crippen molar-refractivity contribution < 1.29 is 9.53 Å². The Hall–Kier alpha value is -2.37. The minimum atomic E-state index is -0.111. The van der Waals surface area contributed by atoms with E-state index in [1.165, 1.54) is 0 Å². The summed E-state index contributed by atoms with van der Waals surface area (Å²) in [6.07, 6.45) is 0. The van der Waals surface area contributed by atoms with Gasteiger partial charge in [-0.3, -0.25) is 9.89 Å². The lowest BCUT2D eigenvalue weighted by Crippen LogP contribution is -2.43. The van der Waals surface area contributed by atoms with E-state index in [1.807, 2.05) is 54.3 Å². The lowest BCUT2D eigenvalue weighted by atomic mass is 10.0. The summed E-state index contributed by atoms with van der Waals surface area (Å²) in [4.78, 5) is 15.0. The number of rotatable bonds is 2. The van der Waals surface area contributed by atoms with Crippen molar-refractivity contribution in [2.75, 3.05) is 19.8 Å². The van der Waals surface area contributed by atoms with E-state index < -0.39 is 0 Å². The number of amides is 1. The van der Waals surface area contributed by atoms with Gasteiger partial charge in [0.05, 0.1) is 24.8 Å². The van der Waals surface area contributed by atoms with Crippen LogP contribution in [0, 0.1) is 6.92 Å². The van der Waals surface area contributed by atoms with Crippen molar-refractivity contribution in [1.29, 1.82) is 0 Å². The number of carbonyl (C=O) groups is 1. The fourth-order valence-corrected chi connectivity index (χ4v) is 3.37. The first-order chi connectivity index (χ1) is 12.1. The molecule has 1 aromatic heterocycles. The molecule has 0 spiro atoms. The van der Waals surface area contributed by atoms with Crippen LogP contribution in [0.3, 0.4) is 0 Å². The van der Waals surface area contributed by atoms with Gasteiger partial charge in [0.1, 0.15) is 0 Å². The van der Waals surface area contributed by atoms with Crippen LogP contribution in [-0.4, -0.2) is 40.8 Å². The molecule has 1 amide bonds. The van der Waals surface area contributed by atoms with Gasteiger partial charge in [-0.2, -0.15) is 5.10 Å². The predicted octanol–water partition coefficient (Wildman–Crippen LogP) is 3.74. The molecule has 0 radical (unpaired) electrons. The maximum absolute atomic E-state index is 13.1.